The largest absolute Gasteiger partial charge is 0.353 e. The molecule has 0 bridgehead atoms. The van der Waals surface area contributed by atoms with Crippen molar-refractivity contribution in [3.05, 3.63) is 35.9 Å². The smallest absolute Gasteiger partial charge is 0.254 e. The second-order valence-electron chi connectivity index (χ2n) is 10.6. The second-order valence-corrected chi connectivity index (χ2v) is 10.6. The lowest BCUT2D eigenvalue weighted by Gasteiger charge is -2.37. The maximum atomic E-state index is 13.7. The van der Waals surface area contributed by atoms with Gasteiger partial charge in [-0.15, -0.1) is 0 Å². The fourth-order valence-corrected chi connectivity index (χ4v) is 5.78. The standard InChI is InChI=1S/C27H39N3O3/c1-18(2)19(3)28-25(31)20-13-15-29(16-14-20)27(33)24-17-22-11-7-8-12-23(22)30(24)26(32)21-9-5-4-6-10-21/h4-6,9-10,18-20,22-24H,7-8,11-17H2,1-3H3,(H,28,31). The summed E-state index contributed by atoms with van der Waals surface area (Å²) >= 11 is 0. The fourth-order valence-electron chi connectivity index (χ4n) is 5.78. The minimum absolute atomic E-state index is 0.0136. The number of piperidine rings is 1. The van der Waals surface area contributed by atoms with Gasteiger partial charge >= 0.3 is 0 Å². The van der Waals surface area contributed by atoms with Gasteiger partial charge in [0.25, 0.3) is 5.91 Å². The molecule has 180 valence electrons. The molecule has 6 nitrogen and oxygen atoms in total. The molecule has 1 aromatic rings. The zero-order chi connectivity index (χ0) is 23.5. The summed E-state index contributed by atoms with van der Waals surface area (Å²) in [6, 6.07) is 9.32. The summed E-state index contributed by atoms with van der Waals surface area (Å²) in [6.45, 7) is 7.43. The summed E-state index contributed by atoms with van der Waals surface area (Å²) in [5.74, 6) is 0.943. The lowest BCUT2D eigenvalue weighted by molar-refractivity contribution is -0.139. The number of nitrogens with one attached hydrogen (secondary N) is 1. The van der Waals surface area contributed by atoms with Gasteiger partial charge in [0.05, 0.1) is 0 Å². The summed E-state index contributed by atoms with van der Waals surface area (Å²) < 4.78 is 0. The molecule has 3 amide bonds. The molecule has 1 saturated carbocycles. The third-order valence-electron chi connectivity index (χ3n) is 8.18. The van der Waals surface area contributed by atoms with Crippen molar-refractivity contribution in [2.75, 3.05) is 13.1 Å². The van der Waals surface area contributed by atoms with Crippen LogP contribution in [0.2, 0.25) is 0 Å². The van der Waals surface area contributed by atoms with E-state index in [0.717, 1.165) is 25.7 Å². The van der Waals surface area contributed by atoms with Gasteiger partial charge in [-0.3, -0.25) is 14.4 Å². The van der Waals surface area contributed by atoms with Crippen LogP contribution in [0.1, 0.15) is 76.1 Å². The molecule has 2 heterocycles. The van der Waals surface area contributed by atoms with Crippen molar-refractivity contribution in [3.8, 4) is 0 Å². The van der Waals surface area contributed by atoms with Gasteiger partial charge in [0.1, 0.15) is 6.04 Å². The number of nitrogens with zero attached hydrogens (tertiary/aromatic N) is 2. The van der Waals surface area contributed by atoms with Crippen LogP contribution in [0.5, 0.6) is 0 Å². The molecule has 6 heteroatoms. The molecule has 2 saturated heterocycles. The van der Waals surface area contributed by atoms with Gasteiger partial charge in [0, 0.05) is 36.7 Å². The van der Waals surface area contributed by atoms with E-state index < -0.39 is 0 Å². The van der Waals surface area contributed by atoms with Crippen molar-refractivity contribution in [1.29, 1.82) is 0 Å². The number of benzene rings is 1. The summed E-state index contributed by atoms with van der Waals surface area (Å²) in [5, 5.41) is 3.13. The van der Waals surface area contributed by atoms with Gasteiger partial charge in [0.2, 0.25) is 11.8 Å². The van der Waals surface area contributed by atoms with Gasteiger partial charge in [-0.1, -0.05) is 44.9 Å². The minimum Gasteiger partial charge on any atom is -0.353 e. The Morgan fingerprint density at radius 1 is 0.939 bits per heavy atom. The van der Waals surface area contributed by atoms with E-state index in [4.69, 9.17) is 0 Å². The molecule has 4 atom stereocenters. The first kappa shape index (κ1) is 23.8. The molecule has 3 aliphatic rings. The Balaban J connectivity index is 1.43. The predicted molar refractivity (Wildman–Crippen MR) is 129 cm³/mol. The minimum atomic E-state index is -0.378. The first-order valence-electron chi connectivity index (χ1n) is 12.8. The number of likely N-dealkylation sites (tertiary alicyclic amines) is 2. The summed E-state index contributed by atoms with van der Waals surface area (Å²) in [7, 11) is 0. The highest BCUT2D eigenvalue weighted by molar-refractivity contribution is 5.98. The van der Waals surface area contributed by atoms with E-state index in [2.05, 4.69) is 19.2 Å². The van der Waals surface area contributed by atoms with Crippen LogP contribution >= 0.6 is 0 Å². The van der Waals surface area contributed by atoms with Gasteiger partial charge in [-0.2, -0.15) is 0 Å². The maximum Gasteiger partial charge on any atom is 0.254 e. The number of carbonyl (C=O) groups is 3. The summed E-state index contributed by atoms with van der Waals surface area (Å²) in [5.41, 5.74) is 0.663. The van der Waals surface area contributed by atoms with Gasteiger partial charge in [-0.25, -0.2) is 0 Å². The van der Waals surface area contributed by atoms with Crippen molar-refractivity contribution < 1.29 is 14.4 Å². The van der Waals surface area contributed by atoms with Crippen LogP contribution in [0.15, 0.2) is 30.3 Å². The molecule has 33 heavy (non-hydrogen) atoms. The van der Waals surface area contributed by atoms with Crippen molar-refractivity contribution in [2.45, 2.75) is 83.8 Å². The van der Waals surface area contributed by atoms with Crippen LogP contribution in [-0.4, -0.2) is 58.7 Å². The molecule has 3 fully saturated rings. The third kappa shape index (κ3) is 5.10. The second kappa shape index (κ2) is 10.3. The summed E-state index contributed by atoms with van der Waals surface area (Å²) in [6.07, 6.45) is 6.55. The number of hydrogen-bond acceptors (Lipinski definition) is 3. The average molecular weight is 454 g/mol. The summed E-state index contributed by atoms with van der Waals surface area (Å²) in [4.78, 5) is 43.6. The van der Waals surface area contributed by atoms with Crippen molar-refractivity contribution in [1.82, 2.24) is 15.1 Å². The van der Waals surface area contributed by atoms with E-state index in [0.29, 0.717) is 43.3 Å². The molecule has 2 aliphatic heterocycles. The Hall–Kier alpha value is -2.37. The number of hydrogen-bond donors (Lipinski definition) is 1. The van der Waals surface area contributed by atoms with Crippen molar-refractivity contribution >= 4 is 17.7 Å². The third-order valence-corrected chi connectivity index (χ3v) is 8.18. The molecule has 0 spiro atoms. The molecule has 4 rings (SSSR count). The van der Waals surface area contributed by atoms with Crippen LogP contribution < -0.4 is 5.32 Å². The normalized spacial score (nSPS) is 26.7. The molecule has 1 aromatic carbocycles. The first-order valence-corrected chi connectivity index (χ1v) is 12.8. The topological polar surface area (TPSA) is 69.7 Å². The lowest BCUT2D eigenvalue weighted by atomic mass is 9.84. The van der Waals surface area contributed by atoms with Crippen molar-refractivity contribution in [3.63, 3.8) is 0 Å². The SMILES string of the molecule is CC(C)C(C)NC(=O)C1CCN(C(=O)C2CC3CCCCC3N2C(=O)c2ccccc2)CC1. The zero-order valence-corrected chi connectivity index (χ0v) is 20.3. The van der Waals surface area contributed by atoms with Gasteiger partial charge in [0.15, 0.2) is 0 Å². The van der Waals surface area contributed by atoms with E-state index in [1.54, 1.807) is 0 Å². The predicted octanol–water partition coefficient (Wildman–Crippen LogP) is 3.86. The average Bonchev–Trinajstić information content (AvgIpc) is 3.23. The van der Waals surface area contributed by atoms with E-state index >= 15 is 0 Å². The van der Waals surface area contributed by atoms with Crippen LogP contribution in [0.3, 0.4) is 0 Å². The Bertz CT molecular complexity index is 847. The van der Waals surface area contributed by atoms with Crippen LogP contribution in [-0.2, 0) is 9.59 Å². The van der Waals surface area contributed by atoms with E-state index in [9.17, 15) is 14.4 Å². The lowest BCUT2D eigenvalue weighted by Crippen LogP contribution is -2.53. The monoisotopic (exact) mass is 453 g/mol. The van der Waals surface area contributed by atoms with E-state index in [-0.39, 0.29) is 41.8 Å². The molecule has 0 aromatic heterocycles. The molecule has 1 N–H and O–H groups in total. The molecule has 1 aliphatic carbocycles. The molecular weight excluding hydrogens is 414 g/mol. The maximum absolute atomic E-state index is 13.7. The van der Waals surface area contributed by atoms with Gasteiger partial charge < -0.3 is 15.1 Å². The Kier molecular flexibility index (Phi) is 7.40. The van der Waals surface area contributed by atoms with Crippen molar-refractivity contribution in [2.24, 2.45) is 17.8 Å². The Morgan fingerprint density at radius 2 is 1.61 bits per heavy atom. The Morgan fingerprint density at radius 3 is 2.27 bits per heavy atom. The fraction of sp³-hybridized carbons (Fsp3) is 0.667. The number of carbonyl (C=O) groups excluding carboxylic acids is 3. The highest BCUT2D eigenvalue weighted by atomic mass is 16.2. The molecular formula is C27H39N3O3. The van der Waals surface area contributed by atoms with Crippen LogP contribution in [0, 0.1) is 17.8 Å². The number of fused-ring (bicyclic) bond motifs is 1. The highest BCUT2D eigenvalue weighted by Gasteiger charge is 2.48. The molecule has 0 radical (unpaired) electrons. The number of amides is 3. The zero-order valence-electron chi connectivity index (χ0n) is 20.3. The van der Waals surface area contributed by atoms with E-state index in [1.165, 1.54) is 6.42 Å². The highest BCUT2D eigenvalue weighted by Crippen LogP contribution is 2.41. The van der Waals surface area contributed by atoms with Crippen LogP contribution in [0.4, 0.5) is 0 Å². The molecule has 4 unspecified atom stereocenters. The Labute approximate surface area is 198 Å². The quantitative estimate of drug-likeness (QED) is 0.736. The van der Waals surface area contributed by atoms with E-state index in [1.807, 2.05) is 47.1 Å². The first-order chi connectivity index (χ1) is 15.9. The van der Waals surface area contributed by atoms with Crippen LogP contribution in [0.25, 0.3) is 0 Å². The number of rotatable bonds is 5. The van der Waals surface area contributed by atoms with Gasteiger partial charge in [-0.05, 0) is 63.0 Å².